The highest BCUT2D eigenvalue weighted by molar-refractivity contribution is 6.36. The number of nitrogens with zero attached hydrogens (tertiary/aromatic N) is 4. The van der Waals surface area contributed by atoms with E-state index in [0.717, 1.165) is 60.8 Å². The van der Waals surface area contributed by atoms with Gasteiger partial charge in [0, 0.05) is 10.8 Å². The first-order valence-corrected chi connectivity index (χ1v) is 16.0. The molecule has 0 atom stereocenters. The highest BCUT2D eigenvalue weighted by atomic mass is 16.2. The van der Waals surface area contributed by atoms with E-state index in [4.69, 9.17) is 0 Å². The molecule has 0 aliphatic carbocycles. The van der Waals surface area contributed by atoms with E-state index in [9.17, 15) is 20.1 Å². The van der Waals surface area contributed by atoms with Gasteiger partial charge < -0.3 is 4.57 Å². The monoisotopic (exact) mass is 632 g/mol. The van der Waals surface area contributed by atoms with Crippen LogP contribution in [-0.4, -0.2) is 16.4 Å². The molecule has 0 saturated heterocycles. The normalized spacial score (nSPS) is 12.4. The highest BCUT2D eigenvalue weighted by Gasteiger charge is 2.40. The van der Waals surface area contributed by atoms with Gasteiger partial charge in [-0.2, -0.15) is 10.5 Å². The Balaban J connectivity index is 1.44. The summed E-state index contributed by atoms with van der Waals surface area (Å²) in [6.45, 7) is 5.87. The van der Waals surface area contributed by atoms with Crippen LogP contribution in [0.5, 0.6) is 0 Å². The van der Waals surface area contributed by atoms with Crippen molar-refractivity contribution in [3.63, 3.8) is 0 Å². The Morgan fingerprint density at radius 1 is 0.551 bits per heavy atom. The van der Waals surface area contributed by atoms with Crippen molar-refractivity contribution in [2.45, 2.75) is 20.8 Å². The van der Waals surface area contributed by atoms with Crippen molar-refractivity contribution < 1.29 is 9.59 Å². The van der Waals surface area contributed by atoms with Crippen molar-refractivity contribution in [3.8, 4) is 40.1 Å². The number of carbonyl (C=O) groups excluding carboxylic acids is 2. The number of aryl methyl sites for hydroxylation is 3. The third kappa shape index (κ3) is 4.47. The second-order valence-electron chi connectivity index (χ2n) is 12.5. The summed E-state index contributed by atoms with van der Waals surface area (Å²) in [5.41, 5.74) is 11.5. The van der Waals surface area contributed by atoms with Crippen LogP contribution in [0.3, 0.4) is 0 Å². The van der Waals surface area contributed by atoms with Crippen LogP contribution in [0.1, 0.15) is 48.5 Å². The number of aromatic nitrogens is 1. The van der Waals surface area contributed by atoms with Crippen LogP contribution in [0.2, 0.25) is 0 Å². The van der Waals surface area contributed by atoms with Gasteiger partial charge in [-0.1, -0.05) is 72.3 Å². The maximum atomic E-state index is 14.5. The molecule has 0 saturated carbocycles. The summed E-state index contributed by atoms with van der Waals surface area (Å²) < 4.78 is 2.09. The van der Waals surface area contributed by atoms with Crippen LogP contribution in [-0.2, 0) is 0 Å². The Labute approximate surface area is 283 Å². The zero-order valence-electron chi connectivity index (χ0n) is 27.1. The molecule has 1 aliphatic heterocycles. The van der Waals surface area contributed by atoms with Gasteiger partial charge in [0.2, 0.25) is 0 Å². The Bertz CT molecular complexity index is 2490. The van der Waals surface area contributed by atoms with E-state index in [-0.39, 0.29) is 11.8 Å². The van der Waals surface area contributed by atoms with Crippen molar-refractivity contribution in [1.82, 2.24) is 4.57 Å². The molecule has 6 nitrogen and oxygen atoms in total. The van der Waals surface area contributed by atoms with Crippen LogP contribution >= 0.6 is 0 Å². The number of hydrogen-bond acceptors (Lipinski definition) is 4. The molecule has 1 aromatic heterocycles. The van der Waals surface area contributed by atoms with Gasteiger partial charge in [-0.05, 0) is 103 Å². The number of anilines is 1. The van der Waals surface area contributed by atoms with Crippen molar-refractivity contribution in [1.29, 1.82) is 10.5 Å². The maximum Gasteiger partial charge on any atom is 0.268 e. The number of nitriles is 2. The molecule has 8 rings (SSSR count). The molecular formula is C43H28N4O2. The largest absolute Gasteiger partial charge is 0.308 e. The van der Waals surface area contributed by atoms with Gasteiger partial charge in [-0.3, -0.25) is 9.59 Å². The number of fused-ring (bicyclic) bond motifs is 4. The molecule has 0 spiro atoms. The van der Waals surface area contributed by atoms with E-state index < -0.39 is 0 Å². The van der Waals surface area contributed by atoms with E-state index in [1.807, 2.05) is 118 Å². The Morgan fingerprint density at radius 3 is 1.51 bits per heavy atom. The molecule has 2 amide bonds. The lowest BCUT2D eigenvalue weighted by molar-refractivity contribution is 0.0925. The molecule has 6 aromatic carbocycles. The second-order valence-corrected chi connectivity index (χ2v) is 12.5. The van der Waals surface area contributed by atoms with Gasteiger partial charge >= 0.3 is 0 Å². The zero-order chi connectivity index (χ0) is 34.0. The first kappa shape index (κ1) is 29.6. The summed E-state index contributed by atoms with van der Waals surface area (Å²) in [6, 6.07) is 41.1. The SMILES string of the molecule is Cc1cc(C)c(N2C(=O)c3cccc(-n4c5cccc(-c6ccc(C#N)cc6)c5c5c(-c6ccc(C#N)cc6)cccc54)c3C2=O)c(C)c1. The number of rotatable bonds is 4. The Hall–Kier alpha value is -6.76. The number of amides is 2. The van der Waals surface area contributed by atoms with E-state index in [2.05, 4.69) is 28.8 Å². The molecule has 49 heavy (non-hydrogen) atoms. The number of imide groups is 1. The van der Waals surface area contributed by atoms with Crippen LogP contribution in [0.4, 0.5) is 5.69 Å². The van der Waals surface area contributed by atoms with Crippen molar-refractivity contribution in [2.24, 2.45) is 0 Å². The summed E-state index contributed by atoms with van der Waals surface area (Å²) in [4.78, 5) is 29.9. The lowest BCUT2D eigenvalue weighted by Gasteiger charge is -2.20. The van der Waals surface area contributed by atoms with Crippen LogP contribution in [0.25, 0.3) is 49.7 Å². The predicted octanol–water partition coefficient (Wildman–Crippen LogP) is 9.59. The predicted molar refractivity (Wildman–Crippen MR) is 193 cm³/mol. The minimum absolute atomic E-state index is 0.339. The molecule has 1 aliphatic rings. The van der Waals surface area contributed by atoms with Crippen LogP contribution in [0.15, 0.2) is 115 Å². The molecule has 7 aromatic rings. The summed E-state index contributed by atoms with van der Waals surface area (Å²) in [6.07, 6.45) is 0. The molecule has 0 radical (unpaired) electrons. The molecule has 6 heteroatoms. The first-order valence-electron chi connectivity index (χ1n) is 16.0. The molecule has 0 unspecified atom stereocenters. The van der Waals surface area contributed by atoms with E-state index in [1.54, 1.807) is 6.07 Å². The number of carbonyl (C=O) groups is 2. The van der Waals surface area contributed by atoms with Gasteiger partial charge in [-0.25, -0.2) is 4.90 Å². The third-order valence-electron chi connectivity index (χ3n) is 9.46. The van der Waals surface area contributed by atoms with Crippen LogP contribution < -0.4 is 4.90 Å². The topological polar surface area (TPSA) is 89.9 Å². The number of benzene rings is 6. The molecule has 0 fully saturated rings. The average molecular weight is 633 g/mol. The Kier molecular flexibility index (Phi) is 6.77. The van der Waals surface area contributed by atoms with Crippen molar-refractivity contribution in [2.75, 3.05) is 4.90 Å². The van der Waals surface area contributed by atoms with Gasteiger partial charge in [-0.15, -0.1) is 0 Å². The molecule has 0 bridgehead atoms. The highest BCUT2D eigenvalue weighted by Crippen LogP contribution is 2.45. The second kappa shape index (κ2) is 11.2. The molecule has 232 valence electrons. The van der Waals surface area contributed by atoms with E-state index in [1.165, 1.54) is 4.90 Å². The van der Waals surface area contributed by atoms with Crippen LogP contribution in [0, 0.1) is 43.4 Å². The summed E-state index contributed by atoms with van der Waals surface area (Å²) >= 11 is 0. The third-order valence-corrected chi connectivity index (χ3v) is 9.46. The average Bonchev–Trinajstić information content (AvgIpc) is 3.59. The Morgan fingerprint density at radius 2 is 1.02 bits per heavy atom. The number of hydrogen-bond donors (Lipinski definition) is 0. The summed E-state index contributed by atoms with van der Waals surface area (Å²) in [5.74, 6) is -0.693. The quantitative estimate of drug-likeness (QED) is 0.181. The smallest absolute Gasteiger partial charge is 0.268 e. The fourth-order valence-electron chi connectivity index (χ4n) is 7.48. The first-order chi connectivity index (χ1) is 23.8. The molecule has 0 N–H and O–H groups in total. The van der Waals surface area contributed by atoms with E-state index in [0.29, 0.717) is 33.6 Å². The minimum Gasteiger partial charge on any atom is -0.308 e. The lowest BCUT2D eigenvalue weighted by atomic mass is 9.94. The van der Waals surface area contributed by atoms with Gasteiger partial charge in [0.25, 0.3) is 11.8 Å². The van der Waals surface area contributed by atoms with Gasteiger partial charge in [0.15, 0.2) is 0 Å². The maximum absolute atomic E-state index is 14.5. The fourth-order valence-corrected chi connectivity index (χ4v) is 7.48. The zero-order valence-corrected chi connectivity index (χ0v) is 27.1. The summed E-state index contributed by atoms with van der Waals surface area (Å²) in [5, 5.41) is 20.9. The standard InChI is InChI=1S/C43H28N4O2/c1-25-21-26(2)41(27(3)22-25)47-42(48)34-9-6-12-37(40(34)43(47)49)46-35-10-4-7-32(30-17-13-28(23-44)14-18-30)38(35)39-33(8-5-11-36(39)46)31-19-15-29(24-45)16-20-31/h4-22H,1-3H3. The van der Waals surface area contributed by atoms with Crippen molar-refractivity contribution in [3.05, 3.63) is 154 Å². The minimum atomic E-state index is -0.354. The summed E-state index contributed by atoms with van der Waals surface area (Å²) in [7, 11) is 0. The molecule has 2 heterocycles. The van der Waals surface area contributed by atoms with E-state index >= 15 is 0 Å². The fraction of sp³-hybridized carbons (Fsp3) is 0.0698. The lowest BCUT2D eigenvalue weighted by Crippen LogP contribution is -2.31. The van der Waals surface area contributed by atoms with Gasteiger partial charge in [0.1, 0.15) is 0 Å². The molecular weight excluding hydrogens is 604 g/mol. The van der Waals surface area contributed by atoms with Crippen molar-refractivity contribution >= 4 is 39.3 Å². The van der Waals surface area contributed by atoms with Gasteiger partial charge in [0.05, 0.1) is 56.8 Å².